The van der Waals surface area contributed by atoms with E-state index in [0.717, 1.165) is 10.2 Å². The second-order valence-corrected chi connectivity index (χ2v) is 6.38. The van der Waals surface area contributed by atoms with E-state index >= 15 is 0 Å². The highest BCUT2D eigenvalue weighted by Gasteiger charge is 2.10. The van der Waals surface area contributed by atoms with Crippen LogP contribution < -0.4 is 14.8 Å². The molecule has 0 aliphatic rings. The van der Waals surface area contributed by atoms with Crippen molar-refractivity contribution in [3.05, 3.63) is 82.8 Å². The number of carbonyl (C=O) groups excluding carboxylic acids is 1. The van der Waals surface area contributed by atoms with Gasteiger partial charge in [0.1, 0.15) is 11.5 Å². The summed E-state index contributed by atoms with van der Waals surface area (Å²) in [6.07, 6.45) is 0. The number of hydrogen-bond donors (Lipinski definition) is 1. The lowest BCUT2D eigenvalue weighted by atomic mass is 10.2. The molecule has 132 valence electrons. The lowest BCUT2D eigenvalue weighted by molar-refractivity contribution is 0.102. The first-order valence-electron chi connectivity index (χ1n) is 8.22. The Morgan fingerprint density at radius 2 is 1.58 bits per heavy atom. The van der Waals surface area contributed by atoms with Gasteiger partial charge in [-0.25, -0.2) is 0 Å². The zero-order chi connectivity index (χ0) is 18.4. The molecule has 0 aliphatic carbocycles. The lowest BCUT2D eigenvalue weighted by Crippen LogP contribution is -2.12. The van der Waals surface area contributed by atoms with Gasteiger partial charge in [0, 0.05) is 10.0 Å². The molecule has 0 bridgehead atoms. The maximum absolute atomic E-state index is 12.4. The van der Waals surface area contributed by atoms with Crippen LogP contribution in [-0.4, -0.2) is 12.5 Å². The number of carbonyl (C=O) groups is 1. The van der Waals surface area contributed by atoms with Crippen LogP contribution in [0.25, 0.3) is 0 Å². The van der Waals surface area contributed by atoms with Gasteiger partial charge in [-0.2, -0.15) is 0 Å². The molecule has 0 aliphatic heterocycles. The fraction of sp³-hybridized carbons (Fsp3) is 0.0952. The summed E-state index contributed by atoms with van der Waals surface area (Å²) in [5.74, 6) is 1.83. The van der Waals surface area contributed by atoms with Crippen LogP contribution in [0.3, 0.4) is 0 Å². The van der Waals surface area contributed by atoms with E-state index in [1.165, 1.54) is 0 Å². The second-order valence-electron chi connectivity index (χ2n) is 5.46. The highest BCUT2D eigenvalue weighted by Crippen LogP contribution is 2.30. The average molecular weight is 412 g/mol. The predicted octanol–water partition coefficient (Wildman–Crippen LogP) is 5.89. The van der Waals surface area contributed by atoms with Gasteiger partial charge in [-0.05, 0) is 67.6 Å². The fourth-order valence-electron chi connectivity index (χ4n) is 2.35. The van der Waals surface area contributed by atoms with Crippen molar-refractivity contribution in [1.29, 1.82) is 0 Å². The van der Waals surface area contributed by atoms with Crippen LogP contribution in [-0.2, 0) is 0 Å². The minimum atomic E-state index is -0.194. The van der Waals surface area contributed by atoms with E-state index in [1.807, 2.05) is 61.5 Å². The molecule has 0 unspecified atom stereocenters. The van der Waals surface area contributed by atoms with Crippen LogP contribution in [0.5, 0.6) is 17.2 Å². The van der Waals surface area contributed by atoms with Crippen molar-refractivity contribution in [2.24, 2.45) is 0 Å². The Morgan fingerprint density at radius 3 is 2.27 bits per heavy atom. The monoisotopic (exact) mass is 411 g/mol. The van der Waals surface area contributed by atoms with Crippen LogP contribution in [0.1, 0.15) is 17.3 Å². The van der Waals surface area contributed by atoms with Crippen molar-refractivity contribution in [2.45, 2.75) is 6.92 Å². The van der Waals surface area contributed by atoms with E-state index < -0.39 is 0 Å². The number of benzene rings is 3. The summed E-state index contributed by atoms with van der Waals surface area (Å²) in [4.78, 5) is 12.4. The number of anilines is 1. The molecular formula is C21H18BrNO3. The van der Waals surface area contributed by atoms with E-state index in [0.29, 0.717) is 29.4 Å². The summed E-state index contributed by atoms with van der Waals surface area (Å²) >= 11 is 3.36. The lowest BCUT2D eigenvalue weighted by Gasteiger charge is -2.13. The maximum Gasteiger partial charge on any atom is 0.255 e. The summed E-state index contributed by atoms with van der Waals surface area (Å²) < 4.78 is 12.3. The zero-order valence-electron chi connectivity index (χ0n) is 14.2. The Hall–Kier alpha value is -2.79. The molecule has 5 heteroatoms. The minimum Gasteiger partial charge on any atom is -0.494 e. The topological polar surface area (TPSA) is 47.6 Å². The molecular weight excluding hydrogens is 394 g/mol. The molecule has 0 aromatic heterocycles. The molecule has 0 heterocycles. The van der Waals surface area contributed by atoms with E-state index in [1.54, 1.807) is 18.2 Å². The highest BCUT2D eigenvalue weighted by molar-refractivity contribution is 9.10. The Labute approximate surface area is 160 Å². The summed E-state index contributed by atoms with van der Waals surface area (Å²) in [7, 11) is 0. The van der Waals surface area contributed by atoms with Crippen LogP contribution in [0, 0.1) is 0 Å². The standard InChI is InChI=1S/C21H18BrNO3/c1-2-25-17-11-13-18(14-12-17)26-20-6-4-3-5-19(20)23-21(24)15-7-9-16(22)10-8-15/h3-14H,2H2,1H3,(H,23,24). The van der Waals surface area contributed by atoms with Gasteiger partial charge in [0.15, 0.2) is 5.75 Å². The van der Waals surface area contributed by atoms with Crippen molar-refractivity contribution in [2.75, 3.05) is 11.9 Å². The number of para-hydroxylation sites is 2. The third-order valence-corrected chi connectivity index (χ3v) is 4.13. The quantitative estimate of drug-likeness (QED) is 0.549. The number of ether oxygens (including phenoxy) is 2. The van der Waals surface area contributed by atoms with Crippen LogP contribution in [0.2, 0.25) is 0 Å². The van der Waals surface area contributed by atoms with Crippen molar-refractivity contribution in [3.8, 4) is 17.2 Å². The summed E-state index contributed by atoms with van der Waals surface area (Å²) in [6.45, 7) is 2.56. The van der Waals surface area contributed by atoms with E-state index in [9.17, 15) is 4.79 Å². The number of halogens is 1. The van der Waals surface area contributed by atoms with Crippen molar-refractivity contribution in [3.63, 3.8) is 0 Å². The first-order valence-corrected chi connectivity index (χ1v) is 9.01. The fourth-order valence-corrected chi connectivity index (χ4v) is 2.62. The number of rotatable bonds is 6. The molecule has 0 saturated heterocycles. The zero-order valence-corrected chi connectivity index (χ0v) is 15.8. The third-order valence-electron chi connectivity index (χ3n) is 3.60. The van der Waals surface area contributed by atoms with Crippen molar-refractivity contribution < 1.29 is 14.3 Å². The second kappa shape index (κ2) is 8.54. The molecule has 3 aromatic carbocycles. The largest absolute Gasteiger partial charge is 0.494 e. The Bertz CT molecular complexity index is 877. The molecule has 3 rings (SSSR count). The van der Waals surface area contributed by atoms with Crippen molar-refractivity contribution >= 4 is 27.5 Å². The smallest absolute Gasteiger partial charge is 0.255 e. The highest BCUT2D eigenvalue weighted by atomic mass is 79.9. The molecule has 0 spiro atoms. The van der Waals surface area contributed by atoms with Gasteiger partial charge in [0.2, 0.25) is 0 Å². The van der Waals surface area contributed by atoms with Crippen LogP contribution in [0.4, 0.5) is 5.69 Å². The van der Waals surface area contributed by atoms with Gasteiger partial charge in [0.25, 0.3) is 5.91 Å². The normalized spacial score (nSPS) is 10.2. The third kappa shape index (κ3) is 4.64. The Morgan fingerprint density at radius 1 is 0.923 bits per heavy atom. The average Bonchev–Trinajstić information content (AvgIpc) is 2.65. The Balaban J connectivity index is 1.75. The first kappa shape index (κ1) is 18.0. The number of hydrogen-bond acceptors (Lipinski definition) is 3. The molecule has 3 aromatic rings. The summed E-state index contributed by atoms with van der Waals surface area (Å²) in [6, 6.07) is 21.9. The summed E-state index contributed by atoms with van der Waals surface area (Å²) in [5.41, 5.74) is 1.18. The molecule has 1 amide bonds. The Kier molecular flexibility index (Phi) is 5.92. The van der Waals surface area contributed by atoms with Crippen LogP contribution >= 0.6 is 15.9 Å². The van der Waals surface area contributed by atoms with Gasteiger partial charge in [-0.15, -0.1) is 0 Å². The summed E-state index contributed by atoms with van der Waals surface area (Å²) in [5, 5.41) is 2.89. The number of nitrogens with one attached hydrogen (secondary N) is 1. The SMILES string of the molecule is CCOc1ccc(Oc2ccccc2NC(=O)c2ccc(Br)cc2)cc1. The molecule has 0 saturated carbocycles. The van der Waals surface area contributed by atoms with Crippen LogP contribution in [0.15, 0.2) is 77.3 Å². The predicted molar refractivity (Wildman–Crippen MR) is 106 cm³/mol. The van der Waals surface area contributed by atoms with Gasteiger partial charge < -0.3 is 14.8 Å². The molecule has 4 nitrogen and oxygen atoms in total. The molecule has 1 N–H and O–H groups in total. The molecule has 0 radical (unpaired) electrons. The maximum atomic E-state index is 12.4. The van der Waals surface area contributed by atoms with E-state index in [2.05, 4.69) is 21.2 Å². The van der Waals surface area contributed by atoms with Gasteiger partial charge in [-0.3, -0.25) is 4.79 Å². The van der Waals surface area contributed by atoms with E-state index in [-0.39, 0.29) is 5.91 Å². The minimum absolute atomic E-state index is 0.194. The molecule has 0 fully saturated rings. The van der Waals surface area contributed by atoms with Gasteiger partial charge in [0.05, 0.1) is 12.3 Å². The number of amides is 1. The van der Waals surface area contributed by atoms with Crippen molar-refractivity contribution in [1.82, 2.24) is 0 Å². The first-order chi connectivity index (χ1) is 12.7. The van der Waals surface area contributed by atoms with E-state index in [4.69, 9.17) is 9.47 Å². The molecule has 26 heavy (non-hydrogen) atoms. The van der Waals surface area contributed by atoms with Gasteiger partial charge >= 0.3 is 0 Å². The molecule has 0 atom stereocenters. The van der Waals surface area contributed by atoms with Gasteiger partial charge in [-0.1, -0.05) is 28.1 Å².